The van der Waals surface area contributed by atoms with Gasteiger partial charge in [-0.3, -0.25) is 0 Å². The van der Waals surface area contributed by atoms with Crippen LogP contribution in [-0.2, 0) is 26.3 Å². The summed E-state index contributed by atoms with van der Waals surface area (Å²) in [5.74, 6) is -0.229. The smallest absolute Gasteiger partial charge is 0.377 e. The van der Waals surface area contributed by atoms with E-state index in [-0.39, 0.29) is 29.6 Å². The summed E-state index contributed by atoms with van der Waals surface area (Å²) in [7, 11) is -7.23. The Balaban J connectivity index is 1.98. The molecule has 0 amide bonds. The molecule has 1 saturated heterocycles. The molecule has 0 spiro atoms. The molecule has 1 atom stereocenters. The van der Waals surface area contributed by atoms with Gasteiger partial charge in [0.05, 0.1) is 25.5 Å². The Morgan fingerprint density at radius 3 is 2.66 bits per heavy atom. The van der Waals surface area contributed by atoms with E-state index in [9.17, 15) is 21.6 Å². The Bertz CT molecular complexity index is 1060. The van der Waals surface area contributed by atoms with Gasteiger partial charge in [0.15, 0.2) is 5.75 Å². The van der Waals surface area contributed by atoms with Crippen molar-refractivity contribution in [2.24, 2.45) is 0 Å². The second-order valence-corrected chi connectivity index (χ2v) is 16.0. The lowest BCUT2D eigenvalue weighted by Gasteiger charge is -2.34. The number of hydrogen-bond donors (Lipinski definition) is 0. The minimum Gasteiger partial charge on any atom is -0.377 e. The Hall–Kier alpha value is -1.90. The third-order valence-electron chi connectivity index (χ3n) is 4.90. The number of nitrogens with zero attached hydrogens (tertiary/aromatic N) is 4. The predicted octanol–water partition coefficient (Wildman–Crippen LogP) is 3.20. The highest BCUT2D eigenvalue weighted by atomic mass is 32.2. The zero-order valence-corrected chi connectivity index (χ0v) is 20.2. The zero-order valence-electron chi connectivity index (χ0n) is 18.3. The van der Waals surface area contributed by atoms with Crippen LogP contribution in [0, 0.1) is 0 Å². The van der Waals surface area contributed by atoms with E-state index in [0.29, 0.717) is 26.4 Å². The van der Waals surface area contributed by atoms with Gasteiger partial charge in [0.1, 0.15) is 23.6 Å². The highest BCUT2D eigenvalue weighted by Crippen LogP contribution is 2.34. The van der Waals surface area contributed by atoms with E-state index in [4.69, 9.17) is 9.47 Å². The van der Waals surface area contributed by atoms with Crippen molar-refractivity contribution in [3.8, 4) is 5.75 Å². The molecule has 0 radical (unpaired) electrons. The van der Waals surface area contributed by atoms with E-state index < -0.39 is 29.4 Å². The lowest BCUT2D eigenvalue weighted by atomic mass is 10.2. The molecule has 0 bridgehead atoms. The molecule has 14 heteroatoms. The fourth-order valence-electron chi connectivity index (χ4n) is 3.12. The zero-order chi connectivity index (χ0) is 23.7. The maximum Gasteiger partial charge on any atom is 0.534 e. The monoisotopic (exact) mass is 496 g/mol. The van der Waals surface area contributed by atoms with Crippen molar-refractivity contribution in [3.63, 3.8) is 0 Å². The van der Waals surface area contributed by atoms with E-state index in [2.05, 4.69) is 33.9 Å². The van der Waals surface area contributed by atoms with Crippen molar-refractivity contribution in [3.05, 3.63) is 12.3 Å². The lowest BCUT2D eigenvalue weighted by molar-refractivity contribution is -0.0499. The van der Waals surface area contributed by atoms with Crippen LogP contribution < -0.4 is 9.08 Å². The molecule has 1 aliphatic heterocycles. The maximum atomic E-state index is 13.0. The Morgan fingerprint density at radius 1 is 1.31 bits per heavy atom. The summed E-state index contributed by atoms with van der Waals surface area (Å²) < 4.78 is 79.4. The lowest BCUT2D eigenvalue weighted by Crippen LogP contribution is -2.44. The number of hydrogen-bond acceptors (Lipinski definition) is 8. The number of morpholine rings is 1. The number of rotatable bonds is 8. The predicted molar refractivity (Wildman–Crippen MR) is 115 cm³/mol. The number of pyridine rings is 1. The quantitative estimate of drug-likeness (QED) is 0.238. The number of aromatic nitrogens is 3. The van der Waals surface area contributed by atoms with Crippen molar-refractivity contribution >= 4 is 35.0 Å². The molecule has 3 heterocycles. The van der Waals surface area contributed by atoms with Gasteiger partial charge in [0.2, 0.25) is 0 Å². The third-order valence-corrected chi connectivity index (χ3v) is 7.57. The van der Waals surface area contributed by atoms with Crippen molar-refractivity contribution in [1.82, 2.24) is 14.8 Å². The van der Waals surface area contributed by atoms with Crippen LogP contribution in [0.15, 0.2) is 12.3 Å². The summed E-state index contributed by atoms with van der Waals surface area (Å²) in [6.45, 7) is 10.1. The Morgan fingerprint density at radius 2 is 2.03 bits per heavy atom. The summed E-state index contributed by atoms with van der Waals surface area (Å²) >= 11 is 0. The van der Waals surface area contributed by atoms with Crippen molar-refractivity contribution in [1.29, 1.82) is 0 Å². The summed E-state index contributed by atoms with van der Waals surface area (Å²) in [6.07, 6.45) is 1.35. The molecule has 1 aliphatic rings. The molecule has 2 aromatic heterocycles. The summed E-state index contributed by atoms with van der Waals surface area (Å²) in [5.41, 5.74) is -5.37. The minimum absolute atomic E-state index is 0.00971. The summed E-state index contributed by atoms with van der Waals surface area (Å²) in [4.78, 5) is 6.29. The van der Waals surface area contributed by atoms with E-state index in [0.717, 1.165) is 6.04 Å². The summed E-state index contributed by atoms with van der Waals surface area (Å²) in [5, 5.41) is 4.13. The van der Waals surface area contributed by atoms with Gasteiger partial charge in [0, 0.05) is 27.3 Å². The SMILES string of the molecule is C[C@@H]1COCCN1c1cc(OS(=O)(=O)C(F)(F)F)c2c(cnn2COCC[Si](C)(C)C)n1. The van der Waals surface area contributed by atoms with Crippen molar-refractivity contribution in [2.75, 3.05) is 31.3 Å². The fraction of sp³-hybridized carbons (Fsp3) is 0.667. The topological polar surface area (TPSA) is 95.8 Å². The van der Waals surface area contributed by atoms with Gasteiger partial charge in [-0.15, -0.1) is 0 Å². The molecule has 0 unspecified atom stereocenters. The first kappa shape index (κ1) is 24.7. The van der Waals surface area contributed by atoms with Crippen LogP contribution in [0.2, 0.25) is 25.7 Å². The van der Waals surface area contributed by atoms with Crippen LogP contribution >= 0.6 is 0 Å². The molecular formula is C18H27F3N4O5SSi. The normalized spacial score (nSPS) is 18.3. The first-order chi connectivity index (χ1) is 14.8. The molecule has 0 aromatic carbocycles. The third kappa shape index (κ3) is 5.71. The van der Waals surface area contributed by atoms with Crippen molar-refractivity contribution < 1.29 is 35.2 Å². The molecule has 0 N–H and O–H groups in total. The minimum atomic E-state index is -5.89. The second-order valence-electron chi connectivity index (χ2n) is 8.81. The highest BCUT2D eigenvalue weighted by molar-refractivity contribution is 7.88. The van der Waals surface area contributed by atoms with Gasteiger partial charge in [-0.25, -0.2) is 9.67 Å². The average Bonchev–Trinajstić information content (AvgIpc) is 3.07. The van der Waals surface area contributed by atoms with Gasteiger partial charge in [-0.05, 0) is 13.0 Å². The van der Waals surface area contributed by atoms with Crippen molar-refractivity contribution in [2.45, 2.75) is 50.9 Å². The molecule has 180 valence electrons. The number of anilines is 1. The molecule has 9 nitrogen and oxygen atoms in total. The van der Waals surface area contributed by atoms with Gasteiger partial charge in [-0.1, -0.05) is 19.6 Å². The second kappa shape index (κ2) is 9.15. The van der Waals surface area contributed by atoms with Gasteiger partial charge >= 0.3 is 15.6 Å². The Kier molecular flexibility index (Phi) is 7.07. The van der Waals surface area contributed by atoms with Crippen LogP contribution in [0.25, 0.3) is 11.0 Å². The largest absolute Gasteiger partial charge is 0.534 e. The number of fused-ring (bicyclic) bond motifs is 1. The molecule has 2 aromatic rings. The summed E-state index contributed by atoms with van der Waals surface area (Å²) in [6, 6.07) is 1.96. The van der Waals surface area contributed by atoms with Gasteiger partial charge < -0.3 is 18.6 Å². The van der Waals surface area contributed by atoms with Gasteiger partial charge in [-0.2, -0.15) is 26.7 Å². The van der Waals surface area contributed by atoms with Crippen LogP contribution in [-0.4, -0.2) is 69.2 Å². The first-order valence-corrected chi connectivity index (χ1v) is 15.2. The first-order valence-electron chi connectivity index (χ1n) is 10.1. The van der Waals surface area contributed by atoms with E-state index in [1.807, 2.05) is 11.8 Å². The van der Waals surface area contributed by atoms with E-state index in [1.165, 1.54) is 16.9 Å². The Labute approximate surface area is 185 Å². The molecule has 0 aliphatic carbocycles. The van der Waals surface area contributed by atoms with Crippen LogP contribution in [0.1, 0.15) is 6.92 Å². The molecule has 32 heavy (non-hydrogen) atoms. The van der Waals surface area contributed by atoms with Crippen LogP contribution in [0.5, 0.6) is 5.75 Å². The van der Waals surface area contributed by atoms with E-state index in [1.54, 1.807) is 0 Å². The fourth-order valence-corrected chi connectivity index (χ4v) is 4.34. The molecule has 3 rings (SSSR count). The number of alkyl halides is 3. The average molecular weight is 497 g/mol. The number of halogens is 3. The highest BCUT2D eigenvalue weighted by Gasteiger charge is 2.49. The van der Waals surface area contributed by atoms with Crippen LogP contribution in [0.4, 0.5) is 19.0 Å². The molecular weight excluding hydrogens is 469 g/mol. The molecule has 1 fully saturated rings. The van der Waals surface area contributed by atoms with Gasteiger partial charge in [0.25, 0.3) is 0 Å². The standard InChI is InChI=1S/C18H27F3N4O5SSi/c1-13-11-28-6-5-24(13)16-9-15(30-31(26,27)18(19,20)21)17-14(23-16)10-22-25(17)12-29-7-8-32(2,3)4/h9-10,13H,5-8,11-12H2,1-4H3/t13-/m1/s1. The number of ether oxygens (including phenoxy) is 2. The molecule has 0 saturated carbocycles. The van der Waals surface area contributed by atoms with E-state index >= 15 is 0 Å². The maximum absolute atomic E-state index is 13.0. The van der Waals surface area contributed by atoms with Crippen LogP contribution in [0.3, 0.4) is 0 Å².